The summed E-state index contributed by atoms with van der Waals surface area (Å²) in [6, 6.07) is 20.0. The largest absolute Gasteiger partial charge is 0.378 e. The van der Waals surface area contributed by atoms with Crippen LogP contribution in [0, 0.1) is 10.1 Å². The molecule has 4 aromatic rings. The van der Waals surface area contributed by atoms with E-state index in [0.29, 0.717) is 11.4 Å². The summed E-state index contributed by atoms with van der Waals surface area (Å²) in [7, 11) is 0. The lowest BCUT2D eigenvalue weighted by atomic mass is 9.89. The Morgan fingerprint density at radius 3 is 2.18 bits per heavy atom. The molecule has 0 amide bonds. The molecule has 8 nitrogen and oxygen atoms in total. The predicted molar refractivity (Wildman–Crippen MR) is 107 cm³/mol. The van der Waals surface area contributed by atoms with Gasteiger partial charge in [0.05, 0.1) is 4.92 Å². The van der Waals surface area contributed by atoms with Gasteiger partial charge in [0.1, 0.15) is 5.01 Å². The number of hydrogen-bond donors (Lipinski definition) is 1. The lowest BCUT2D eigenvalue weighted by molar-refractivity contribution is -0.385. The third-order valence-corrected chi connectivity index (χ3v) is 5.35. The number of nitrogen functional groups attached to an aromatic ring is 1. The molecule has 2 heterocycles. The average molecular weight is 393 g/mol. The third kappa shape index (κ3) is 3.23. The van der Waals surface area contributed by atoms with Gasteiger partial charge in [-0.1, -0.05) is 72.0 Å². The summed E-state index contributed by atoms with van der Waals surface area (Å²) in [5, 5.41) is 16.0. The summed E-state index contributed by atoms with van der Waals surface area (Å²) in [6.45, 7) is 0. The van der Waals surface area contributed by atoms with Crippen LogP contribution in [-0.2, 0) is 6.42 Å². The van der Waals surface area contributed by atoms with Crippen LogP contribution in [0.2, 0.25) is 0 Å². The van der Waals surface area contributed by atoms with Crippen molar-refractivity contribution < 1.29 is 4.92 Å². The molecule has 0 bridgehead atoms. The fourth-order valence-corrected chi connectivity index (χ4v) is 4.06. The van der Waals surface area contributed by atoms with Crippen molar-refractivity contribution in [3.8, 4) is 0 Å². The van der Waals surface area contributed by atoms with Gasteiger partial charge in [0.15, 0.2) is 0 Å². The van der Waals surface area contributed by atoms with Crippen molar-refractivity contribution in [3.63, 3.8) is 0 Å². The van der Waals surface area contributed by atoms with Crippen molar-refractivity contribution in [2.24, 2.45) is 0 Å². The monoisotopic (exact) mass is 393 g/mol. The van der Waals surface area contributed by atoms with Crippen LogP contribution in [0.15, 0.2) is 65.5 Å². The molecule has 0 fully saturated rings. The molecule has 28 heavy (non-hydrogen) atoms. The summed E-state index contributed by atoms with van der Waals surface area (Å²) < 4.78 is 0.960. The van der Waals surface area contributed by atoms with Gasteiger partial charge in [-0.2, -0.15) is 14.6 Å². The number of nitrogens with zero attached hydrogens (tertiary/aromatic N) is 4. The summed E-state index contributed by atoms with van der Waals surface area (Å²) in [6.07, 6.45) is 0.523. The molecule has 2 N–H and O–H groups in total. The van der Waals surface area contributed by atoms with Crippen LogP contribution in [0.25, 0.3) is 4.96 Å². The highest BCUT2D eigenvalue weighted by Gasteiger charge is 2.24. The number of fused-ring (bicyclic) bond motifs is 1. The molecule has 0 aliphatic heterocycles. The van der Waals surface area contributed by atoms with Crippen molar-refractivity contribution in [1.82, 2.24) is 14.6 Å². The van der Waals surface area contributed by atoms with Crippen molar-refractivity contribution in [1.29, 1.82) is 0 Å². The number of benzene rings is 2. The minimum atomic E-state index is -0.869. The number of rotatable bonds is 5. The standard InChI is InChI=1S/C19H15N5O3S/c20-17-16(24(26)27)18(25)23-19(21-17)28-15(22-23)11-14(12-7-3-1-4-8-12)13-9-5-2-6-10-13/h1-10,14H,11,20H2. The van der Waals surface area contributed by atoms with E-state index in [9.17, 15) is 14.9 Å². The molecule has 0 saturated carbocycles. The van der Waals surface area contributed by atoms with Crippen molar-refractivity contribution in [2.75, 3.05) is 5.73 Å². The SMILES string of the molecule is Nc1nc2sc(CC(c3ccccc3)c3ccccc3)nn2c(=O)c1[N+](=O)[O-]. The summed E-state index contributed by atoms with van der Waals surface area (Å²) >= 11 is 1.20. The normalized spacial score (nSPS) is 11.2. The second kappa shape index (κ2) is 7.20. The minimum absolute atomic E-state index is 0.0194. The van der Waals surface area contributed by atoms with Crippen molar-refractivity contribution in [3.05, 3.63) is 97.3 Å². The average Bonchev–Trinajstić information content (AvgIpc) is 3.10. The zero-order valence-corrected chi connectivity index (χ0v) is 15.4. The van der Waals surface area contributed by atoms with Gasteiger partial charge < -0.3 is 5.73 Å². The highest BCUT2D eigenvalue weighted by Crippen LogP contribution is 2.30. The Kier molecular flexibility index (Phi) is 4.58. The molecular formula is C19H15N5O3S. The van der Waals surface area contributed by atoms with Crippen LogP contribution >= 0.6 is 11.3 Å². The molecule has 0 aliphatic rings. The van der Waals surface area contributed by atoms with Crippen LogP contribution in [0.5, 0.6) is 0 Å². The van der Waals surface area contributed by atoms with E-state index < -0.39 is 22.0 Å². The molecule has 0 aliphatic carbocycles. The summed E-state index contributed by atoms with van der Waals surface area (Å²) in [4.78, 5) is 26.9. The topological polar surface area (TPSA) is 116 Å². The number of hydrogen-bond acceptors (Lipinski definition) is 7. The number of anilines is 1. The molecular weight excluding hydrogens is 378 g/mol. The molecule has 0 atom stereocenters. The Hall–Kier alpha value is -3.59. The third-order valence-electron chi connectivity index (χ3n) is 4.42. The first-order chi connectivity index (χ1) is 13.5. The van der Waals surface area contributed by atoms with Crippen LogP contribution in [-0.4, -0.2) is 19.5 Å². The Morgan fingerprint density at radius 2 is 1.64 bits per heavy atom. The number of aromatic nitrogens is 3. The van der Waals surface area contributed by atoms with Crippen LogP contribution in [0.3, 0.4) is 0 Å². The van der Waals surface area contributed by atoms with E-state index >= 15 is 0 Å². The zero-order valence-electron chi connectivity index (χ0n) is 14.6. The maximum absolute atomic E-state index is 12.4. The maximum Gasteiger partial charge on any atom is 0.377 e. The first-order valence-electron chi connectivity index (χ1n) is 8.47. The lowest BCUT2D eigenvalue weighted by Gasteiger charge is -2.16. The molecule has 0 spiro atoms. The highest BCUT2D eigenvalue weighted by atomic mass is 32.1. The van der Waals surface area contributed by atoms with Gasteiger partial charge in [-0.25, -0.2) is 0 Å². The molecule has 0 unspecified atom stereocenters. The van der Waals surface area contributed by atoms with Gasteiger partial charge in [0.25, 0.3) is 0 Å². The van der Waals surface area contributed by atoms with Gasteiger partial charge in [0.2, 0.25) is 10.8 Å². The molecule has 9 heteroatoms. The Morgan fingerprint density at radius 1 is 1.07 bits per heavy atom. The Labute approximate surface area is 163 Å². The first kappa shape index (κ1) is 17.8. The molecule has 2 aromatic carbocycles. The van der Waals surface area contributed by atoms with Crippen LogP contribution in [0.1, 0.15) is 22.1 Å². The van der Waals surface area contributed by atoms with Crippen molar-refractivity contribution in [2.45, 2.75) is 12.3 Å². The zero-order chi connectivity index (χ0) is 19.7. The maximum atomic E-state index is 12.4. The quantitative estimate of drug-likeness (QED) is 0.411. The second-order valence-electron chi connectivity index (χ2n) is 6.18. The lowest BCUT2D eigenvalue weighted by Crippen LogP contribution is -2.20. The van der Waals surface area contributed by atoms with Gasteiger partial charge in [-0.3, -0.25) is 14.9 Å². The molecule has 0 radical (unpaired) electrons. The van der Waals surface area contributed by atoms with Crippen LogP contribution < -0.4 is 11.3 Å². The molecule has 4 rings (SSSR count). The smallest absolute Gasteiger partial charge is 0.377 e. The van der Waals surface area contributed by atoms with E-state index in [-0.39, 0.29) is 10.9 Å². The highest BCUT2D eigenvalue weighted by molar-refractivity contribution is 7.16. The number of nitro groups is 1. The van der Waals surface area contributed by atoms with E-state index in [1.54, 1.807) is 0 Å². The van der Waals surface area contributed by atoms with Gasteiger partial charge in [-0.15, -0.1) is 0 Å². The van der Waals surface area contributed by atoms with Crippen LogP contribution in [0.4, 0.5) is 11.5 Å². The van der Waals surface area contributed by atoms with Gasteiger partial charge in [0, 0.05) is 12.3 Å². The van der Waals surface area contributed by atoms with Crippen molar-refractivity contribution >= 4 is 27.8 Å². The fraction of sp³-hybridized carbons (Fsp3) is 0.105. The van der Waals surface area contributed by atoms with E-state index in [2.05, 4.69) is 10.1 Å². The fourth-order valence-electron chi connectivity index (χ4n) is 3.12. The minimum Gasteiger partial charge on any atom is -0.378 e. The van der Waals surface area contributed by atoms with E-state index in [1.807, 2.05) is 60.7 Å². The predicted octanol–water partition coefficient (Wildman–Crippen LogP) is 3.02. The van der Waals surface area contributed by atoms with Gasteiger partial charge in [-0.05, 0) is 11.1 Å². The molecule has 140 valence electrons. The first-order valence-corrected chi connectivity index (χ1v) is 9.28. The Balaban J connectivity index is 1.79. The Bertz CT molecular complexity index is 1170. The molecule has 2 aromatic heterocycles. The van der Waals surface area contributed by atoms with Gasteiger partial charge >= 0.3 is 11.2 Å². The van der Waals surface area contributed by atoms with E-state index in [0.717, 1.165) is 15.6 Å². The summed E-state index contributed by atoms with van der Waals surface area (Å²) in [5.74, 6) is -0.376. The van der Waals surface area contributed by atoms with E-state index in [1.165, 1.54) is 11.3 Å². The number of nitrogens with two attached hydrogens (primary N) is 1. The molecule has 0 saturated heterocycles. The summed E-state index contributed by atoms with van der Waals surface area (Å²) in [5.41, 5.74) is 6.19. The second-order valence-corrected chi connectivity index (χ2v) is 7.22. The van der Waals surface area contributed by atoms with E-state index in [4.69, 9.17) is 5.73 Å².